The maximum absolute atomic E-state index is 7.87. The lowest BCUT2D eigenvalue weighted by Crippen LogP contribution is -2.33. The van der Waals surface area contributed by atoms with Crippen LogP contribution in [0.1, 0.15) is 19.3 Å². The van der Waals surface area contributed by atoms with Crippen molar-refractivity contribution in [1.82, 2.24) is 5.32 Å². The van der Waals surface area contributed by atoms with Crippen LogP contribution in [0.3, 0.4) is 0 Å². The molecule has 1 unspecified atom stereocenters. The van der Waals surface area contributed by atoms with Gasteiger partial charge in [0.25, 0.3) is 0 Å². The molecule has 0 bridgehead atoms. The molecule has 2 aliphatic heterocycles. The summed E-state index contributed by atoms with van der Waals surface area (Å²) in [5, 5.41) is 11.0. The minimum atomic E-state index is 0.0153. The minimum absolute atomic E-state index is 0.0153. The molecule has 1 atom stereocenters. The van der Waals surface area contributed by atoms with Crippen molar-refractivity contribution in [3.8, 4) is 0 Å². The number of hydrogen-bond donors (Lipinski definition) is 3. The van der Waals surface area contributed by atoms with Crippen LogP contribution in [-0.2, 0) is 4.74 Å². The number of hydrogen-bond acceptors (Lipinski definition) is 5. The summed E-state index contributed by atoms with van der Waals surface area (Å²) in [6, 6.07) is 0. The number of aliphatic imine (C=N–C) groups is 1. The van der Waals surface area contributed by atoms with E-state index in [0.717, 1.165) is 25.9 Å². The Hall–Kier alpha value is -1.14. The third-order valence-electron chi connectivity index (χ3n) is 2.69. The van der Waals surface area contributed by atoms with Crippen LogP contribution in [0.15, 0.2) is 27.4 Å². The first-order valence-electron chi connectivity index (χ1n) is 5.55. The fraction of sp³-hybridized carbons (Fsp3) is 0.455. The Morgan fingerprint density at radius 3 is 3.12 bits per heavy atom. The normalized spacial score (nSPS) is 27.7. The lowest BCUT2D eigenvalue weighted by Gasteiger charge is -2.23. The average Bonchev–Trinajstić information content (AvgIpc) is 2.35. The highest BCUT2D eigenvalue weighted by molar-refractivity contribution is 9.12. The smallest absolute Gasteiger partial charge is 0.134 e. The average molecular weight is 299 g/mol. The number of allylic oxidation sites excluding steroid dienone is 1. The third-order valence-corrected chi connectivity index (χ3v) is 3.30. The van der Waals surface area contributed by atoms with Crippen LogP contribution in [0.2, 0.25) is 0 Å². The molecule has 2 heterocycles. The second kappa shape index (κ2) is 5.46. The molecule has 2 rings (SSSR count). The van der Waals surface area contributed by atoms with E-state index >= 15 is 0 Å². The molecule has 2 aliphatic rings. The van der Waals surface area contributed by atoms with E-state index in [1.807, 2.05) is 0 Å². The van der Waals surface area contributed by atoms with Gasteiger partial charge in [-0.1, -0.05) is 0 Å². The molecule has 0 aromatic rings. The minimum Gasteiger partial charge on any atom is -0.383 e. The van der Waals surface area contributed by atoms with E-state index in [0.29, 0.717) is 21.6 Å². The van der Waals surface area contributed by atoms with E-state index in [4.69, 9.17) is 15.9 Å². The van der Waals surface area contributed by atoms with Crippen molar-refractivity contribution in [3.05, 3.63) is 22.5 Å². The first-order chi connectivity index (χ1) is 8.18. The van der Waals surface area contributed by atoms with Gasteiger partial charge >= 0.3 is 0 Å². The fourth-order valence-corrected chi connectivity index (χ4v) is 2.03. The summed E-state index contributed by atoms with van der Waals surface area (Å²) in [6.07, 6.45) is 6.51. The highest BCUT2D eigenvalue weighted by Gasteiger charge is 2.18. The molecule has 17 heavy (non-hydrogen) atoms. The van der Waals surface area contributed by atoms with E-state index in [9.17, 15) is 0 Å². The Balaban J connectivity index is 2.03. The Kier molecular flexibility index (Phi) is 3.96. The van der Waals surface area contributed by atoms with Crippen LogP contribution >= 0.6 is 15.9 Å². The van der Waals surface area contributed by atoms with Gasteiger partial charge in [-0.3, -0.25) is 5.41 Å². The van der Waals surface area contributed by atoms with Crippen molar-refractivity contribution in [2.75, 3.05) is 6.61 Å². The number of amidine groups is 1. The summed E-state index contributed by atoms with van der Waals surface area (Å²) in [6.45, 7) is 0.783. The van der Waals surface area contributed by atoms with Gasteiger partial charge in [0.15, 0.2) is 0 Å². The number of halogens is 1. The zero-order valence-corrected chi connectivity index (χ0v) is 11.0. The molecular weight excluding hydrogens is 284 g/mol. The Labute approximate surface area is 108 Å². The Bertz CT molecular complexity index is 404. The van der Waals surface area contributed by atoms with Crippen molar-refractivity contribution in [1.29, 1.82) is 5.41 Å². The van der Waals surface area contributed by atoms with Crippen molar-refractivity contribution in [2.24, 2.45) is 10.7 Å². The molecule has 1 saturated heterocycles. The number of nitrogens with zero attached hydrogens (tertiary/aromatic N) is 1. The van der Waals surface area contributed by atoms with Gasteiger partial charge in [0.2, 0.25) is 0 Å². The topological polar surface area (TPSA) is 83.5 Å². The summed E-state index contributed by atoms with van der Waals surface area (Å²) in [5.74, 6) is 0.349. The first-order valence-corrected chi connectivity index (χ1v) is 6.34. The Morgan fingerprint density at radius 1 is 1.59 bits per heavy atom. The van der Waals surface area contributed by atoms with Crippen LogP contribution in [0.5, 0.6) is 0 Å². The monoisotopic (exact) mass is 298 g/mol. The van der Waals surface area contributed by atoms with Crippen LogP contribution in [-0.4, -0.2) is 24.4 Å². The molecule has 0 aliphatic carbocycles. The predicted molar refractivity (Wildman–Crippen MR) is 71.2 cm³/mol. The van der Waals surface area contributed by atoms with Crippen LogP contribution in [0.4, 0.5) is 0 Å². The SMILES string of the molecule is N=C1C(Br)=CN=C(N)/C1=C/NC1CCCCO1. The number of rotatable bonds is 2. The second-order valence-corrected chi connectivity index (χ2v) is 4.80. The standard InChI is InChI=1S/C11H15BrN4O/c12-8-6-16-11(14)7(10(8)13)5-15-9-3-1-2-4-17-9/h5-6,9,13,15H,1-4H2,(H2,14,16)/b7-5+,13-10?. The molecule has 6 heteroatoms. The van der Waals surface area contributed by atoms with Gasteiger partial charge in [0, 0.05) is 19.0 Å². The predicted octanol–water partition coefficient (Wildman–Crippen LogP) is 1.61. The van der Waals surface area contributed by atoms with E-state index in [-0.39, 0.29) is 6.23 Å². The van der Waals surface area contributed by atoms with Gasteiger partial charge in [-0.2, -0.15) is 0 Å². The number of nitrogens with two attached hydrogens (primary N) is 1. The molecular formula is C11H15BrN4O. The van der Waals surface area contributed by atoms with Crippen molar-refractivity contribution >= 4 is 27.5 Å². The molecule has 4 N–H and O–H groups in total. The van der Waals surface area contributed by atoms with Crippen LogP contribution in [0.25, 0.3) is 0 Å². The summed E-state index contributed by atoms with van der Waals surface area (Å²) >= 11 is 3.26. The maximum Gasteiger partial charge on any atom is 0.134 e. The largest absolute Gasteiger partial charge is 0.383 e. The summed E-state index contributed by atoms with van der Waals surface area (Å²) in [4.78, 5) is 4.00. The van der Waals surface area contributed by atoms with Gasteiger partial charge in [0.05, 0.1) is 15.8 Å². The molecule has 92 valence electrons. The summed E-state index contributed by atoms with van der Waals surface area (Å²) in [5.41, 5.74) is 6.67. The van der Waals surface area contributed by atoms with Crippen molar-refractivity contribution in [3.63, 3.8) is 0 Å². The molecule has 5 nitrogen and oxygen atoms in total. The van der Waals surface area contributed by atoms with Crippen LogP contribution < -0.4 is 11.1 Å². The van der Waals surface area contributed by atoms with Gasteiger partial charge < -0.3 is 15.8 Å². The molecule has 0 aromatic heterocycles. The fourth-order valence-electron chi connectivity index (χ4n) is 1.71. The third kappa shape index (κ3) is 2.95. The quantitative estimate of drug-likeness (QED) is 0.724. The lowest BCUT2D eigenvalue weighted by atomic mass is 10.1. The van der Waals surface area contributed by atoms with Gasteiger partial charge in [0.1, 0.15) is 12.1 Å². The van der Waals surface area contributed by atoms with E-state index < -0.39 is 0 Å². The number of ether oxygens (including phenoxy) is 1. The van der Waals surface area contributed by atoms with Crippen LogP contribution in [0, 0.1) is 5.41 Å². The molecule has 1 fully saturated rings. The van der Waals surface area contributed by atoms with Crippen molar-refractivity contribution in [2.45, 2.75) is 25.5 Å². The summed E-state index contributed by atoms with van der Waals surface area (Å²) < 4.78 is 6.16. The van der Waals surface area contributed by atoms with E-state index in [1.165, 1.54) is 6.20 Å². The van der Waals surface area contributed by atoms with E-state index in [2.05, 4.69) is 26.2 Å². The highest BCUT2D eigenvalue weighted by Crippen LogP contribution is 2.18. The summed E-state index contributed by atoms with van der Waals surface area (Å²) in [7, 11) is 0. The van der Waals surface area contributed by atoms with Gasteiger partial charge in [-0.25, -0.2) is 4.99 Å². The molecule has 0 radical (unpaired) electrons. The maximum atomic E-state index is 7.87. The second-order valence-electron chi connectivity index (χ2n) is 3.95. The number of nitrogens with one attached hydrogen (secondary N) is 2. The van der Waals surface area contributed by atoms with E-state index in [1.54, 1.807) is 6.20 Å². The van der Waals surface area contributed by atoms with Gasteiger partial charge in [-0.15, -0.1) is 0 Å². The van der Waals surface area contributed by atoms with Crippen molar-refractivity contribution < 1.29 is 4.74 Å². The first kappa shape index (κ1) is 12.3. The van der Waals surface area contributed by atoms with Gasteiger partial charge in [-0.05, 0) is 35.2 Å². The Morgan fingerprint density at radius 2 is 2.41 bits per heavy atom. The molecule has 0 saturated carbocycles. The molecule has 0 amide bonds. The molecule has 0 spiro atoms. The zero-order valence-electron chi connectivity index (χ0n) is 9.37. The zero-order chi connectivity index (χ0) is 12.3. The molecule has 0 aromatic carbocycles. The lowest BCUT2D eigenvalue weighted by molar-refractivity contribution is 0.00333. The highest BCUT2D eigenvalue weighted by atomic mass is 79.9.